The van der Waals surface area contributed by atoms with Crippen LogP contribution in [0.3, 0.4) is 0 Å². The van der Waals surface area contributed by atoms with Gasteiger partial charge in [-0.3, -0.25) is 4.79 Å². The van der Waals surface area contributed by atoms with Gasteiger partial charge in [0.1, 0.15) is 5.75 Å². The summed E-state index contributed by atoms with van der Waals surface area (Å²) in [5.74, 6) is 0.881. The fraction of sp³-hybridized carbons (Fsp3) is 0.167. The predicted octanol–water partition coefficient (Wildman–Crippen LogP) is 4.52. The summed E-state index contributed by atoms with van der Waals surface area (Å²) in [4.78, 5) is 12.4. The zero-order valence-electron chi connectivity index (χ0n) is 14.1. The summed E-state index contributed by atoms with van der Waals surface area (Å²) in [6.45, 7) is 1.77. The van der Waals surface area contributed by atoms with Gasteiger partial charge in [0.2, 0.25) is 11.8 Å². The van der Waals surface area contributed by atoms with Crippen LogP contribution in [0.15, 0.2) is 58.2 Å². The Morgan fingerprint density at radius 2 is 2.00 bits per heavy atom. The van der Waals surface area contributed by atoms with Crippen molar-refractivity contribution in [3.8, 4) is 17.2 Å². The van der Waals surface area contributed by atoms with E-state index in [1.165, 1.54) is 11.8 Å². The van der Waals surface area contributed by atoms with Gasteiger partial charge in [-0.15, -0.1) is 10.2 Å². The molecule has 3 rings (SSSR count). The van der Waals surface area contributed by atoms with Crippen LogP contribution in [0, 0.1) is 0 Å². The number of halogens is 1. The molecule has 1 N–H and O–H groups in total. The Kier molecular flexibility index (Phi) is 5.80. The molecule has 1 atom stereocenters. The number of nitrogens with one attached hydrogen (secondary N) is 1. The van der Waals surface area contributed by atoms with Crippen molar-refractivity contribution in [3.05, 3.63) is 53.6 Å². The van der Waals surface area contributed by atoms with Crippen molar-refractivity contribution in [3.63, 3.8) is 0 Å². The molecule has 0 aliphatic heterocycles. The highest BCUT2D eigenvalue weighted by molar-refractivity contribution is 8.00. The second-order valence-electron chi connectivity index (χ2n) is 5.36. The number of amides is 1. The molecule has 1 aromatic heterocycles. The summed E-state index contributed by atoms with van der Waals surface area (Å²) in [7, 11) is 1.58. The zero-order valence-corrected chi connectivity index (χ0v) is 15.7. The summed E-state index contributed by atoms with van der Waals surface area (Å²) >= 11 is 7.06. The molecule has 26 heavy (non-hydrogen) atoms. The molecule has 0 saturated carbocycles. The van der Waals surface area contributed by atoms with E-state index in [0.29, 0.717) is 27.6 Å². The Balaban J connectivity index is 1.63. The van der Waals surface area contributed by atoms with Crippen LogP contribution in [-0.4, -0.2) is 28.5 Å². The second-order valence-corrected chi connectivity index (χ2v) is 7.09. The maximum absolute atomic E-state index is 12.4. The molecule has 0 radical (unpaired) electrons. The number of ether oxygens (including phenoxy) is 1. The SMILES string of the molecule is COc1cccc(NC(=O)[C@@H](C)Sc2nnc(-c3ccc(Cl)cc3)o2)c1. The first-order valence-electron chi connectivity index (χ1n) is 7.76. The molecule has 0 unspecified atom stereocenters. The number of carbonyl (C=O) groups excluding carboxylic acids is 1. The summed E-state index contributed by atoms with van der Waals surface area (Å²) in [5.41, 5.74) is 1.43. The number of anilines is 1. The maximum atomic E-state index is 12.4. The van der Waals surface area contributed by atoms with Gasteiger partial charge < -0.3 is 14.5 Å². The van der Waals surface area contributed by atoms with Crippen molar-refractivity contribution < 1.29 is 13.9 Å². The minimum atomic E-state index is -0.417. The number of methoxy groups -OCH3 is 1. The van der Waals surface area contributed by atoms with Crippen LogP contribution in [0.5, 0.6) is 5.75 Å². The minimum absolute atomic E-state index is 0.172. The van der Waals surface area contributed by atoms with Crippen molar-refractivity contribution in [2.45, 2.75) is 17.4 Å². The van der Waals surface area contributed by atoms with Crippen LogP contribution in [0.1, 0.15) is 6.92 Å². The molecule has 0 spiro atoms. The lowest BCUT2D eigenvalue weighted by atomic mass is 10.2. The number of thioether (sulfide) groups is 1. The predicted molar refractivity (Wildman–Crippen MR) is 102 cm³/mol. The smallest absolute Gasteiger partial charge is 0.277 e. The van der Waals surface area contributed by atoms with Crippen molar-refractivity contribution in [1.29, 1.82) is 0 Å². The molecule has 0 saturated heterocycles. The van der Waals surface area contributed by atoms with Gasteiger partial charge in [0, 0.05) is 22.3 Å². The van der Waals surface area contributed by atoms with Crippen LogP contribution in [0.4, 0.5) is 5.69 Å². The summed E-state index contributed by atoms with van der Waals surface area (Å²) in [6.07, 6.45) is 0. The maximum Gasteiger partial charge on any atom is 0.277 e. The Labute approximate surface area is 159 Å². The monoisotopic (exact) mass is 389 g/mol. The lowest BCUT2D eigenvalue weighted by Crippen LogP contribution is -2.22. The number of rotatable bonds is 6. The third kappa shape index (κ3) is 4.56. The topological polar surface area (TPSA) is 77.2 Å². The van der Waals surface area contributed by atoms with Crippen LogP contribution in [0.2, 0.25) is 5.02 Å². The molecule has 0 aliphatic carbocycles. The first kappa shape index (κ1) is 18.3. The van der Waals surface area contributed by atoms with E-state index in [2.05, 4.69) is 15.5 Å². The average molecular weight is 390 g/mol. The molecular weight excluding hydrogens is 374 g/mol. The summed E-state index contributed by atoms with van der Waals surface area (Å²) in [5, 5.41) is 11.4. The molecule has 3 aromatic rings. The average Bonchev–Trinajstić information content (AvgIpc) is 3.11. The Morgan fingerprint density at radius 1 is 1.23 bits per heavy atom. The number of hydrogen-bond donors (Lipinski definition) is 1. The molecule has 0 fully saturated rings. The van der Waals surface area contributed by atoms with Crippen LogP contribution < -0.4 is 10.1 Å². The first-order valence-corrected chi connectivity index (χ1v) is 9.02. The van der Waals surface area contributed by atoms with Gasteiger partial charge in [0.05, 0.1) is 12.4 Å². The zero-order chi connectivity index (χ0) is 18.5. The van der Waals surface area contributed by atoms with Crippen molar-refractivity contribution >= 4 is 35.0 Å². The largest absolute Gasteiger partial charge is 0.497 e. The number of carbonyl (C=O) groups is 1. The minimum Gasteiger partial charge on any atom is -0.497 e. The van der Waals surface area contributed by atoms with Gasteiger partial charge in [-0.1, -0.05) is 29.4 Å². The number of hydrogen-bond acceptors (Lipinski definition) is 6. The van der Waals surface area contributed by atoms with Crippen LogP contribution in [0.25, 0.3) is 11.5 Å². The first-order chi connectivity index (χ1) is 12.5. The fourth-order valence-electron chi connectivity index (χ4n) is 2.12. The quantitative estimate of drug-likeness (QED) is 0.624. The van der Waals surface area contributed by atoms with E-state index in [9.17, 15) is 4.79 Å². The molecule has 134 valence electrons. The third-order valence-electron chi connectivity index (χ3n) is 3.48. The van der Waals surface area contributed by atoms with Crippen molar-refractivity contribution in [2.24, 2.45) is 0 Å². The Hall–Kier alpha value is -2.51. The summed E-state index contributed by atoms with van der Waals surface area (Å²) in [6, 6.07) is 14.2. The highest BCUT2D eigenvalue weighted by atomic mass is 35.5. The number of aromatic nitrogens is 2. The van der Waals surface area contributed by atoms with Gasteiger partial charge in [0.15, 0.2) is 0 Å². The van der Waals surface area contributed by atoms with E-state index in [-0.39, 0.29) is 5.91 Å². The molecule has 1 amide bonds. The van der Waals surface area contributed by atoms with E-state index >= 15 is 0 Å². The van der Waals surface area contributed by atoms with Crippen molar-refractivity contribution in [1.82, 2.24) is 10.2 Å². The fourth-order valence-corrected chi connectivity index (χ4v) is 2.93. The highest BCUT2D eigenvalue weighted by Gasteiger charge is 2.19. The molecule has 0 bridgehead atoms. The van der Waals surface area contributed by atoms with Gasteiger partial charge in [-0.2, -0.15) is 0 Å². The van der Waals surface area contributed by atoms with Gasteiger partial charge in [-0.05, 0) is 43.3 Å². The number of benzene rings is 2. The van der Waals surface area contributed by atoms with E-state index in [1.807, 2.05) is 12.1 Å². The van der Waals surface area contributed by atoms with Gasteiger partial charge >= 0.3 is 0 Å². The number of nitrogens with zero attached hydrogens (tertiary/aromatic N) is 2. The second kappa shape index (κ2) is 8.25. The highest BCUT2D eigenvalue weighted by Crippen LogP contribution is 2.27. The van der Waals surface area contributed by atoms with E-state index in [4.69, 9.17) is 20.8 Å². The van der Waals surface area contributed by atoms with E-state index < -0.39 is 5.25 Å². The lowest BCUT2D eigenvalue weighted by molar-refractivity contribution is -0.115. The molecular formula is C18H16ClN3O3S. The van der Waals surface area contributed by atoms with Crippen molar-refractivity contribution in [2.75, 3.05) is 12.4 Å². The Bertz CT molecular complexity index is 899. The standard InChI is InChI=1S/C18H16ClN3O3S/c1-11(16(23)20-14-4-3-5-15(10-14)24-2)26-18-22-21-17(25-18)12-6-8-13(19)9-7-12/h3-11H,1-2H3,(H,20,23)/t11-/m1/s1. The summed E-state index contributed by atoms with van der Waals surface area (Å²) < 4.78 is 10.8. The van der Waals surface area contributed by atoms with Gasteiger partial charge in [0.25, 0.3) is 5.22 Å². The lowest BCUT2D eigenvalue weighted by Gasteiger charge is -2.10. The molecule has 6 nitrogen and oxygen atoms in total. The molecule has 8 heteroatoms. The third-order valence-corrected chi connectivity index (χ3v) is 4.67. The molecule has 2 aromatic carbocycles. The Morgan fingerprint density at radius 3 is 2.73 bits per heavy atom. The van der Waals surface area contributed by atoms with Crippen LogP contribution in [-0.2, 0) is 4.79 Å². The van der Waals surface area contributed by atoms with Gasteiger partial charge in [-0.25, -0.2) is 0 Å². The molecule has 0 aliphatic rings. The van der Waals surface area contributed by atoms with E-state index in [1.54, 1.807) is 50.4 Å². The van der Waals surface area contributed by atoms with E-state index in [0.717, 1.165) is 5.56 Å². The normalized spacial score (nSPS) is 11.8. The molecule has 1 heterocycles. The van der Waals surface area contributed by atoms with Crippen LogP contribution >= 0.6 is 23.4 Å².